The van der Waals surface area contributed by atoms with Gasteiger partial charge in [0.25, 0.3) is 0 Å². The van der Waals surface area contributed by atoms with Gasteiger partial charge in [-0.15, -0.1) is 0 Å². The van der Waals surface area contributed by atoms with E-state index in [0.717, 1.165) is 51.3 Å². The van der Waals surface area contributed by atoms with Crippen LogP contribution in [0.1, 0.15) is 19.3 Å². The Morgan fingerprint density at radius 2 is 2.00 bits per heavy atom. The van der Waals surface area contributed by atoms with E-state index in [2.05, 4.69) is 39.2 Å². The molecular weight excluding hydrogens is 294 g/mol. The van der Waals surface area contributed by atoms with E-state index >= 15 is 0 Å². The number of aromatic nitrogens is 2. The highest BCUT2D eigenvalue weighted by molar-refractivity contribution is 5.43. The lowest BCUT2D eigenvalue weighted by molar-refractivity contribution is -0.169. The molecule has 128 valence electrons. The van der Waals surface area contributed by atoms with E-state index in [1.807, 2.05) is 12.3 Å². The first-order chi connectivity index (χ1) is 11.2. The summed E-state index contributed by atoms with van der Waals surface area (Å²) in [5, 5.41) is 3.30. The van der Waals surface area contributed by atoms with Crippen molar-refractivity contribution in [2.24, 2.45) is 0 Å². The second-order valence-corrected chi connectivity index (χ2v) is 6.42. The van der Waals surface area contributed by atoms with E-state index in [-0.39, 0.29) is 5.79 Å². The summed E-state index contributed by atoms with van der Waals surface area (Å²) in [6, 6.07) is 1.97. The van der Waals surface area contributed by atoms with Crippen molar-refractivity contribution in [1.82, 2.24) is 14.9 Å². The molecule has 1 aromatic rings. The van der Waals surface area contributed by atoms with E-state index in [1.165, 1.54) is 0 Å². The molecule has 0 amide bonds. The highest BCUT2D eigenvalue weighted by Crippen LogP contribution is 2.32. The van der Waals surface area contributed by atoms with Crippen molar-refractivity contribution in [2.45, 2.75) is 25.0 Å². The Morgan fingerprint density at radius 3 is 2.70 bits per heavy atom. The van der Waals surface area contributed by atoms with Gasteiger partial charge in [0.05, 0.1) is 13.2 Å². The van der Waals surface area contributed by atoms with Gasteiger partial charge in [0.2, 0.25) is 5.95 Å². The second kappa shape index (κ2) is 7.42. The molecule has 7 heteroatoms. The van der Waals surface area contributed by atoms with Crippen LogP contribution in [-0.2, 0) is 9.47 Å². The lowest BCUT2D eigenvalue weighted by Gasteiger charge is -2.38. The maximum atomic E-state index is 5.78. The number of hydrogen-bond acceptors (Lipinski definition) is 7. The van der Waals surface area contributed by atoms with Crippen molar-refractivity contribution in [3.8, 4) is 0 Å². The van der Waals surface area contributed by atoms with Gasteiger partial charge in [-0.1, -0.05) is 0 Å². The number of nitrogens with zero attached hydrogens (tertiary/aromatic N) is 4. The molecule has 0 bridgehead atoms. The third-order valence-electron chi connectivity index (χ3n) is 4.37. The van der Waals surface area contributed by atoms with Gasteiger partial charge in [0.1, 0.15) is 5.82 Å². The van der Waals surface area contributed by atoms with Crippen molar-refractivity contribution in [1.29, 1.82) is 0 Å². The SMILES string of the molecule is CN(C)CCCNc1nccc(N2CCC3(CC2)OCCO3)n1. The predicted octanol–water partition coefficient (Wildman–Crippen LogP) is 1.18. The lowest BCUT2D eigenvalue weighted by Crippen LogP contribution is -2.45. The summed E-state index contributed by atoms with van der Waals surface area (Å²) in [4.78, 5) is 13.4. The number of hydrogen-bond donors (Lipinski definition) is 1. The van der Waals surface area contributed by atoms with Crippen LogP contribution in [0.25, 0.3) is 0 Å². The van der Waals surface area contributed by atoms with Gasteiger partial charge in [-0.3, -0.25) is 0 Å². The number of ether oxygens (including phenoxy) is 2. The second-order valence-electron chi connectivity index (χ2n) is 6.42. The maximum absolute atomic E-state index is 5.78. The molecular formula is C16H27N5O2. The van der Waals surface area contributed by atoms with E-state index < -0.39 is 0 Å². The predicted molar refractivity (Wildman–Crippen MR) is 89.8 cm³/mol. The van der Waals surface area contributed by atoms with Gasteiger partial charge < -0.3 is 24.6 Å². The van der Waals surface area contributed by atoms with Crippen LogP contribution < -0.4 is 10.2 Å². The molecule has 2 saturated heterocycles. The third kappa shape index (κ3) is 4.31. The van der Waals surface area contributed by atoms with Gasteiger partial charge in [-0.2, -0.15) is 4.98 Å². The molecule has 0 aromatic carbocycles. The molecule has 1 aromatic heterocycles. The fourth-order valence-electron chi connectivity index (χ4n) is 3.07. The summed E-state index contributed by atoms with van der Waals surface area (Å²) in [6.07, 6.45) is 4.68. The van der Waals surface area contributed by atoms with Gasteiger partial charge in [-0.05, 0) is 33.1 Å². The minimum Gasteiger partial charge on any atom is -0.356 e. The van der Waals surface area contributed by atoms with Gasteiger partial charge in [0.15, 0.2) is 5.79 Å². The fourth-order valence-corrected chi connectivity index (χ4v) is 3.07. The monoisotopic (exact) mass is 321 g/mol. The molecule has 0 radical (unpaired) electrons. The third-order valence-corrected chi connectivity index (χ3v) is 4.37. The largest absolute Gasteiger partial charge is 0.356 e. The summed E-state index contributed by atoms with van der Waals surface area (Å²) in [5.41, 5.74) is 0. The Morgan fingerprint density at radius 1 is 1.26 bits per heavy atom. The Hall–Kier alpha value is -1.44. The van der Waals surface area contributed by atoms with Crippen LogP contribution in [0.15, 0.2) is 12.3 Å². The van der Waals surface area contributed by atoms with Crippen LogP contribution in [0.4, 0.5) is 11.8 Å². The minimum atomic E-state index is -0.337. The Kier molecular flexibility index (Phi) is 5.30. The van der Waals surface area contributed by atoms with Crippen molar-refractivity contribution in [3.05, 3.63) is 12.3 Å². The van der Waals surface area contributed by atoms with Crippen molar-refractivity contribution in [3.63, 3.8) is 0 Å². The summed E-state index contributed by atoms with van der Waals surface area (Å²) in [7, 11) is 4.16. The number of rotatable bonds is 6. The van der Waals surface area contributed by atoms with Crippen LogP contribution in [0.2, 0.25) is 0 Å². The van der Waals surface area contributed by atoms with Crippen LogP contribution >= 0.6 is 0 Å². The average molecular weight is 321 g/mol. The van der Waals surface area contributed by atoms with Gasteiger partial charge >= 0.3 is 0 Å². The first-order valence-corrected chi connectivity index (χ1v) is 8.41. The minimum absolute atomic E-state index is 0.337. The first-order valence-electron chi connectivity index (χ1n) is 8.41. The summed E-state index contributed by atoms with van der Waals surface area (Å²) in [6.45, 7) is 5.17. The maximum Gasteiger partial charge on any atom is 0.224 e. The number of anilines is 2. The highest BCUT2D eigenvalue weighted by atomic mass is 16.7. The highest BCUT2D eigenvalue weighted by Gasteiger charge is 2.40. The zero-order chi connectivity index (χ0) is 16.1. The van der Waals surface area contributed by atoms with Crippen molar-refractivity contribution >= 4 is 11.8 Å². The van der Waals surface area contributed by atoms with Crippen molar-refractivity contribution < 1.29 is 9.47 Å². The topological polar surface area (TPSA) is 62.8 Å². The summed E-state index contributed by atoms with van der Waals surface area (Å²) >= 11 is 0. The van der Waals surface area contributed by atoms with Crippen LogP contribution in [-0.4, -0.2) is 74.1 Å². The molecule has 1 spiro atoms. The molecule has 2 fully saturated rings. The molecule has 7 nitrogen and oxygen atoms in total. The standard InChI is InChI=1S/C16H27N5O2/c1-20(2)9-3-7-17-15-18-8-4-14(19-15)21-10-5-16(6-11-21)22-12-13-23-16/h4,8H,3,5-7,9-13H2,1-2H3,(H,17,18,19). The van der Waals surface area contributed by atoms with Gasteiger partial charge in [0, 0.05) is 38.7 Å². The van der Waals surface area contributed by atoms with Crippen molar-refractivity contribution in [2.75, 3.05) is 63.7 Å². The van der Waals surface area contributed by atoms with Crippen LogP contribution in [0.3, 0.4) is 0 Å². The van der Waals surface area contributed by atoms with Crippen LogP contribution in [0, 0.1) is 0 Å². The Bertz CT molecular complexity index is 495. The molecule has 0 saturated carbocycles. The number of nitrogens with one attached hydrogen (secondary N) is 1. The fraction of sp³-hybridized carbons (Fsp3) is 0.750. The zero-order valence-electron chi connectivity index (χ0n) is 14.1. The average Bonchev–Trinajstić information content (AvgIpc) is 3.01. The molecule has 2 aliphatic heterocycles. The number of piperidine rings is 1. The zero-order valence-corrected chi connectivity index (χ0v) is 14.1. The molecule has 2 aliphatic rings. The van der Waals surface area contributed by atoms with E-state index in [0.29, 0.717) is 19.2 Å². The molecule has 3 rings (SSSR count). The molecule has 3 heterocycles. The molecule has 23 heavy (non-hydrogen) atoms. The smallest absolute Gasteiger partial charge is 0.224 e. The lowest BCUT2D eigenvalue weighted by atomic mass is 10.0. The van der Waals surface area contributed by atoms with Gasteiger partial charge in [-0.25, -0.2) is 4.98 Å². The van der Waals surface area contributed by atoms with E-state index in [1.54, 1.807) is 0 Å². The normalized spacial score (nSPS) is 20.4. The molecule has 0 atom stereocenters. The van der Waals surface area contributed by atoms with E-state index in [4.69, 9.17) is 9.47 Å². The Labute approximate surface area is 138 Å². The summed E-state index contributed by atoms with van der Waals surface area (Å²) < 4.78 is 11.6. The molecule has 1 N–H and O–H groups in total. The Balaban J connectivity index is 1.51. The molecule has 0 unspecified atom stereocenters. The molecule has 0 aliphatic carbocycles. The quantitative estimate of drug-likeness (QED) is 0.790. The summed E-state index contributed by atoms with van der Waals surface area (Å²) in [5.74, 6) is 1.34. The van der Waals surface area contributed by atoms with E-state index in [9.17, 15) is 0 Å². The first kappa shape index (κ1) is 16.4. The van der Waals surface area contributed by atoms with Crippen LogP contribution in [0.5, 0.6) is 0 Å².